The number of nitrogens with one attached hydrogen (secondary N) is 2. The van der Waals surface area contributed by atoms with Crippen LogP contribution in [0, 0.1) is 12.3 Å². The molecule has 2 amide bonds. The monoisotopic (exact) mass is 321 g/mol. The van der Waals surface area contributed by atoms with Gasteiger partial charge in [0, 0.05) is 25.1 Å². The van der Waals surface area contributed by atoms with Gasteiger partial charge < -0.3 is 20.9 Å². The standard InChI is InChI=1S/C16H25N4O3/c1-11(10-18-14-9-13(16(17)22)23-20-14)19-15(21)8-7-12-5-3-2-4-6-12/h8-9,11-12H,2-7,10H2,1H3,(H2,17,22)(H,18,20)(H,19,21)/t11-/m0/s1. The number of rotatable bonds is 8. The van der Waals surface area contributed by atoms with Gasteiger partial charge in [0.05, 0.1) is 0 Å². The number of hydrogen-bond donors (Lipinski definition) is 3. The number of carbonyl (C=O) groups is 2. The first-order valence-electron chi connectivity index (χ1n) is 8.18. The van der Waals surface area contributed by atoms with Crippen molar-refractivity contribution in [3.05, 3.63) is 18.2 Å². The molecule has 4 N–H and O–H groups in total. The van der Waals surface area contributed by atoms with Crippen molar-refractivity contribution in [1.29, 1.82) is 0 Å². The van der Waals surface area contributed by atoms with Crippen LogP contribution in [0.15, 0.2) is 10.6 Å². The molecular weight excluding hydrogens is 296 g/mol. The number of nitrogens with two attached hydrogens (primary N) is 1. The molecule has 1 aliphatic carbocycles. The highest BCUT2D eigenvalue weighted by Crippen LogP contribution is 2.26. The molecule has 0 spiro atoms. The molecule has 0 unspecified atom stereocenters. The maximum Gasteiger partial charge on any atom is 0.287 e. The Balaban J connectivity index is 1.63. The summed E-state index contributed by atoms with van der Waals surface area (Å²) in [5.74, 6) is 0.383. The molecule has 0 aromatic carbocycles. The predicted molar refractivity (Wildman–Crippen MR) is 86.6 cm³/mol. The van der Waals surface area contributed by atoms with E-state index in [2.05, 4.69) is 15.8 Å². The van der Waals surface area contributed by atoms with Gasteiger partial charge in [-0.25, -0.2) is 0 Å². The molecule has 1 radical (unpaired) electrons. The Morgan fingerprint density at radius 1 is 1.43 bits per heavy atom. The van der Waals surface area contributed by atoms with Gasteiger partial charge in [0.1, 0.15) is 0 Å². The molecule has 1 aliphatic rings. The van der Waals surface area contributed by atoms with E-state index >= 15 is 0 Å². The lowest BCUT2D eigenvalue weighted by molar-refractivity contribution is -0.118. The van der Waals surface area contributed by atoms with Crippen molar-refractivity contribution in [3.63, 3.8) is 0 Å². The third-order valence-electron chi connectivity index (χ3n) is 4.09. The molecule has 0 saturated heterocycles. The van der Waals surface area contributed by atoms with Gasteiger partial charge in [0.15, 0.2) is 5.82 Å². The number of aromatic nitrogens is 1. The fourth-order valence-corrected chi connectivity index (χ4v) is 2.78. The molecule has 1 fully saturated rings. The van der Waals surface area contributed by atoms with Crippen molar-refractivity contribution in [3.8, 4) is 0 Å². The van der Waals surface area contributed by atoms with Gasteiger partial charge in [-0.05, 0) is 19.3 Å². The summed E-state index contributed by atoms with van der Waals surface area (Å²) in [6, 6.07) is 1.37. The number of amides is 2. The van der Waals surface area contributed by atoms with Crippen LogP contribution in [0.2, 0.25) is 0 Å². The van der Waals surface area contributed by atoms with Crippen LogP contribution in [0.4, 0.5) is 5.82 Å². The summed E-state index contributed by atoms with van der Waals surface area (Å²) in [5.41, 5.74) is 5.08. The van der Waals surface area contributed by atoms with E-state index in [1.165, 1.54) is 38.2 Å². The smallest absolute Gasteiger partial charge is 0.287 e. The van der Waals surface area contributed by atoms with Gasteiger partial charge in [0.25, 0.3) is 5.91 Å². The second-order valence-electron chi connectivity index (χ2n) is 6.18. The Hall–Kier alpha value is -2.05. The van der Waals surface area contributed by atoms with Crippen LogP contribution < -0.4 is 16.4 Å². The molecule has 1 heterocycles. The number of hydrogen-bond acceptors (Lipinski definition) is 5. The Labute approximate surface area is 136 Å². The van der Waals surface area contributed by atoms with Crippen molar-refractivity contribution in [2.75, 3.05) is 11.9 Å². The highest BCUT2D eigenvalue weighted by atomic mass is 16.5. The summed E-state index contributed by atoms with van der Waals surface area (Å²) < 4.78 is 4.76. The fourth-order valence-electron chi connectivity index (χ4n) is 2.78. The van der Waals surface area contributed by atoms with Crippen molar-refractivity contribution >= 4 is 17.6 Å². The topological polar surface area (TPSA) is 110 Å². The average molecular weight is 321 g/mol. The fraction of sp³-hybridized carbons (Fsp3) is 0.625. The van der Waals surface area contributed by atoms with Crippen molar-refractivity contribution < 1.29 is 14.1 Å². The molecule has 1 aromatic heterocycles. The number of anilines is 1. The second kappa shape index (κ2) is 8.55. The second-order valence-corrected chi connectivity index (χ2v) is 6.18. The van der Waals surface area contributed by atoms with Crippen LogP contribution in [-0.2, 0) is 4.79 Å². The molecule has 23 heavy (non-hydrogen) atoms. The van der Waals surface area contributed by atoms with E-state index in [9.17, 15) is 9.59 Å². The maximum atomic E-state index is 11.9. The van der Waals surface area contributed by atoms with Crippen molar-refractivity contribution in [2.24, 2.45) is 11.7 Å². The summed E-state index contributed by atoms with van der Waals surface area (Å²) in [6.45, 7) is 2.38. The minimum absolute atomic E-state index is 0.00463. The van der Waals surface area contributed by atoms with Crippen LogP contribution in [-0.4, -0.2) is 29.6 Å². The van der Waals surface area contributed by atoms with Crippen LogP contribution in [0.3, 0.4) is 0 Å². The van der Waals surface area contributed by atoms with Crippen molar-refractivity contribution in [2.45, 2.75) is 51.5 Å². The van der Waals surface area contributed by atoms with E-state index in [1.54, 1.807) is 6.42 Å². The van der Waals surface area contributed by atoms with Crippen LogP contribution >= 0.6 is 0 Å². The summed E-state index contributed by atoms with van der Waals surface area (Å²) in [6.07, 6.45) is 8.97. The summed E-state index contributed by atoms with van der Waals surface area (Å²) in [4.78, 5) is 22.8. The lowest BCUT2D eigenvalue weighted by Crippen LogP contribution is -2.37. The number of nitrogens with zero attached hydrogens (tertiary/aromatic N) is 1. The molecule has 1 atom stereocenters. The number of carbonyl (C=O) groups excluding carboxylic acids is 2. The normalized spacial score (nSPS) is 16.7. The highest BCUT2D eigenvalue weighted by molar-refractivity contribution is 5.90. The van der Waals surface area contributed by atoms with Gasteiger partial charge in [-0.1, -0.05) is 37.3 Å². The van der Waals surface area contributed by atoms with E-state index in [0.717, 1.165) is 6.42 Å². The van der Waals surface area contributed by atoms with E-state index in [-0.39, 0.29) is 17.7 Å². The maximum absolute atomic E-state index is 11.9. The molecular formula is C16H25N4O3. The van der Waals surface area contributed by atoms with Crippen LogP contribution in [0.25, 0.3) is 0 Å². The average Bonchev–Trinajstić information content (AvgIpc) is 3.01. The van der Waals surface area contributed by atoms with E-state index in [1.807, 2.05) is 6.92 Å². The highest BCUT2D eigenvalue weighted by Gasteiger charge is 2.16. The quantitative estimate of drug-likeness (QED) is 0.677. The molecule has 7 heteroatoms. The molecule has 0 aliphatic heterocycles. The van der Waals surface area contributed by atoms with Gasteiger partial charge in [-0.15, -0.1) is 0 Å². The van der Waals surface area contributed by atoms with E-state index in [0.29, 0.717) is 18.3 Å². The first-order chi connectivity index (χ1) is 11.0. The first kappa shape index (κ1) is 17.3. The van der Waals surface area contributed by atoms with Gasteiger partial charge in [-0.2, -0.15) is 0 Å². The third kappa shape index (κ3) is 5.92. The Kier molecular flexibility index (Phi) is 6.43. The van der Waals surface area contributed by atoms with Gasteiger partial charge in [0.2, 0.25) is 11.7 Å². The Morgan fingerprint density at radius 3 is 2.83 bits per heavy atom. The lowest BCUT2D eigenvalue weighted by atomic mass is 9.86. The molecule has 1 aromatic rings. The largest absolute Gasteiger partial charge is 0.365 e. The Bertz CT molecular complexity index is 523. The van der Waals surface area contributed by atoms with E-state index in [4.69, 9.17) is 10.3 Å². The first-order valence-corrected chi connectivity index (χ1v) is 8.18. The summed E-state index contributed by atoms with van der Waals surface area (Å²) >= 11 is 0. The van der Waals surface area contributed by atoms with Crippen LogP contribution in [0.5, 0.6) is 0 Å². The Morgan fingerprint density at radius 2 is 2.17 bits per heavy atom. The van der Waals surface area contributed by atoms with E-state index < -0.39 is 5.91 Å². The SMILES string of the molecule is C[C@@H](CNc1cc(C(N)=O)on1)NC(=O)[CH]CC1CCCCC1. The van der Waals surface area contributed by atoms with Crippen LogP contribution in [0.1, 0.15) is 56.0 Å². The minimum atomic E-state index is -0.663. The molecule has 2 rings (SSSR count). The zero-order valence-corrected chi connectivity index (χ0v) is 13.5. The van der Waals surface area contributed by atoms with Crippen molar-refractivity contribution in [1.82, 2.24) is 10.5 Å². The summed E-state index contributed by atoms with van der Waals surface area (Å²) in [7, 11) is 0. The predicted octanol–water partition coefficient (Wildman–Crippen LogP) is 1.86. The van der Waals surface area contributed by atoms with Gasteiger partial charge >= 0.3 is 0 Å². The number of primary amides is 1. The minimum Gasteiger partial charge on any atom is -0.365 e. The third-order valence-corrected chi connectivity index (χ3v) is 4.09. The molecule has 0 bridgehead atoms. The molecule has 127 valence electrons. The summed E-state index contributed by atoms with van der Waals surface area (Å²) in [5, 5.41) is 9.58. The molecule has 7 nitrogen and oxygen atoms in total. The van der Waals surface area contributed by atoms with Gasteiger partial charge in [-0.3, -0.25) is 9.59 Å². The zero-order valence-electron chi connectivity index (χ0n) is 13.5. The molecule has 1 saturated carbocycles. The zero-order chi connectivity index (χ0) is 16.7. The lowest BCUT2D eigenvalue weighted by Gasteiger charge is -2.21.